The Bertz CT molecular complexity index is 1190. The predicted octanol–water partition coefficient (Wildman–Crippen LogP) is 4.83. The summed E-state index contributed by atoms with van der Waals surface area (Å²) >= 11 is 0. The van der Waals surface area contributed by atoms with Gasteiger partial charge in [0, 0.05) is 11.1 Å². The van der Waals surface area contributed by atoms with Gasteiger partial charge in [0.2, 0.25) is 5.78 Å². The Kier molecular flexibility index (Phi) is 5.96. The number of aliphatic hydroxyl groups is 1. The maximum atomic E-state index is 12.9. The van der Waals surface area contributed by atoms with Gasteiger partial charge >= 0.3 is 0 Å². The molecule has 0 saturated heterocycles. The Labute approximate surface area is 167 Å². The summed E-state index contributed by atoms with van der Waals surface area (Å²) in [6, 6.07) is 21.9. The molecule has 0 aromatic heterocycles. The van der Waals surface area contributed by atoms with Gasteiger partial charge in [-0.15, -0.1) is 10.2 Å². The van der Waals surface area contributed by atoms with Crippen LogP contribution in [0.5, 0.6) is 0 Å². The van der Waals surface area contributed by atoms with Crippen molar-refractivity contribution in [2.24, 2.45) is 10.2 Å². The van der Waals surface area contributed by atoms with E-state index in [0.29, 0.717) is 5.56 Å². The van der Waals surface area contributed by atoms with Gasteiger partial charge in [-0.25, -0.2) is 0 Å². The van der Waals surface area contributed by atoms with Crippen LogP contribution >= 0.6 is 0 Å². The minimum atomic E-state index is -4.54. The standard InChI is InChI=1S/C21H16N2O5S/c24-20(15-9-3-1-4-10-15)19(21(25)16-11-5-2-6-12-16)23-22-17-13-7-8-14-18(17)29(26,27)28/h1-14,24H,(H,26,27,28)/b20-19-,23-22?. The highest BCUT2D eigenvalue weighted by Gasteiger charge is 2.20. The fraction of sp³-hybridized carbons (Fsp3) is 0. The zero-order chi connectivity index (χ0) is 20.9. The molecule has 0 aliphatic heterocycles. The zero-order valence-electron chi connectivity index (χ0n) is 15.0. The van der Waals surface area contributed by atoms with E-state index in [1.54, 1.807) is 60.7 Å². The third kappa shape index (κ3) is 4.81. The summed E-state index contributed by atoms with van der Waals surface area (Å²) in [6.45, 7) is 0. The average molecular weight is 408 g/mol. The van der Waals surface area contributed by atoms with Crippen LogP contribution in [0, 0.1) is 0 Å². The molecule has 0 fully saturated rings. The van der Waals surface area contributed by atoms with Crippen molar-refractivity contribution in [1.82, 2.24) is 0 Å². The summed E-state index contributed by atoms with van der Waals surface area (Å²) in [4.78, 5) is 12.5. The molecule has 0 heterocycles. The normalized spacial score (nSPS) is 12.6. The first kappa shape index (κ1) is 20.1. The number of rotatable bonds is 6. The Morgan fingerprint density at radius 3 is 1.86 bits per heavy atom. The predicted molar refractivity (Wildman–Crippen MR) is 108 cm³/mol. The number of hydrogen-bond donors (Lipinski definition) is 2. The van der Waals surface area contributed by atoms with E-state index in [0.717, 1.165) is 6.07 Å². The lowest BCUT2D eigenvalue weighted by Crippen LogP contribution is -2.05. The number of nitrogens with zero attached hydrogens (tertiary/aromatic N) is 2. The van der Waals surface area contributed by atoms with Crippen molar-refractivity contribution >= 4 is 27.3 Å². The van der Waals surface area contributed by atoms with Crippen LogP contribution < -0.4 is 0 Å². The van der Waals surface area contributed by atoms with Crippen LogP contribution in [0.1, 0.15) is 15.9 Å². The Balaban J connectivity index is 2.13. The molecule has 8 heteroatoms. The van der Waals surface area contributed by atoms with E-state index < -0.39 is 26.6 Å². The maximum Gasteiger partial charge on any atom is 0.296 e. The molecular weight excluding hydrogens is 392 g/mol. The average Bonchev–Trinajstić information content (AvgIpc) is 2.74. The minimum absolute atomic E-state index is 0.172. The SMILES string of the molecule is O=C(/C(N=Nc1ccccc1S(=O)(=O)O)=C(/O)c1ccccc1)c1ccccc1. The van der Waals surface area contributed by atoms with Crippen LogP contribution in [0.15, 0.2) is 106 Å². The van der Waals surface area contributed by atoms with E-state index in [4.69, 9.17) is 0 Å². The molecule has 0 saturated carbocycles. The van der Waals surface area contributed by atoms with Crippen molar-refractivity contribution in [2.75, 3.05) is 0 Å². The molecule has 146 valence electrons. The van der Waals surface area contributed by atoms with Crippen LogP contribution in [0.2, 0.25) is 0 Å². The number of Topliss-reactive ketones (excluding diaryl/α,β-unsaturated/α-hetero) is 1. The van der Waals surface area contributed by atoms with E-state index in [9.17, 15) is 22.9 Å². The molecule has 3 rings (SSSR count). The summed E-state index contributed by atoms with van der Waals surface area (Å²) in [7, 11) is -4.54. The van der Waals surface area contributed by atoms with Crippen LogP contribution in [0.25, 0.3) is 5.76 Å². The molecule has 0 amide bonds. The summed E-state index contributed by atoms with van der Waals surface area (Å²) < 4.78 is 32.4. The number of ketones is 1. The lowest BCUT2D eigenvalue weighted by Gasteiger charge is -2.06. The van der Waals surface area contributed by atoms with Crippen LogP contribution in [0.3, 0.4) is 0 Å². The summed E-state index contributed by atoms with van der Waals surface area (Å²) in [5.74, 6) is -1.01. The highest BCUT2D eigenvalue weighted by atomic mass is 32.2. The van der Waals surface area contributed by atoms with Crippen molar-refractivity contribution in [1.29, 1.82) is 0 Å². The fourth-order valence-corrected chi connectivity index (χ4v) is 3.14. The van der Waals surface area contributed by atoms with Gasteiger partial charge in [0.25, 0.3) is 10.1 Å². The van der Waals surface area contributed by atoms with Gasteiger partial charge in [-0.1, -0.05) is 72.8 Å². The first-order valence-corrected chi connectivity index (χ1v) is 9.88. The van der Waals surface area contributed by atoms with Crippen molar-refractivity contribution in [2.45, 2.75) is 4.90 Å². The van der Waals surface area contributed by atoms with Gasteiger partial charge in [0.05, 0.1) is 0 Å². The lowest BCUT2D eigenvalue weighted by molar-refractivity contribution is 0.103. The van der Waals surface area contributed by atoms with E-state index in [1.165, 1.54) is 18.2 Å². The number of carbonyl (C=O) groups excluding carboxylic acids is 1. The molecule has 2 N–H and O–H groups in total. The van der Waals surface area contributed by atoms with Gasteiger partial charge in [0.1, 0.15) is 10.6 Å². The third-order valence-electron chi connectivity index (χ3n) is 3.92. The van der Waals surface area contributed by atoms with E-state index in [1.807, 2.05) is 0 Å². The highest BCUT2D eigenvalue weighted by Crippen LogP contribution is 2.27. The zero-order valence-corrected chi connectivity index (χ0v) is 15.8. The Hall–Kier alpha value is -3.62. The van der Waals surface area contributed by atoms with Crippen LogP contribution in [-0.4, -0.2) is 23.9 Å². The molecule has 7 nitrogen and oxygen atoms in total. The second-order valence-corrected chi connectivity index (χ2v) is 7.29. The first-order valence-electron chi connectivity index (χ1n) is 8.44. The topological polar surface area (TPSA) is 116 Å². The number of azo groups is 1. The number of benzene rings is 3. The third-order valence-corrected chi connectivity index (χ3v) is 4.82. The molecule has 3 aromatic rings. The van der Waals surface area contributed by atoms with Crippen molar-refractivity contribution in [3.05, 3.63) is 102 Å². The van der Waals surface area contributed by atoms with E-state index >= 15 is 0 Å². The number of aliphatic hydroxyl groups excluding tert-OH is 1. The monoisotopic (exact) mass is 408 g/mol. The second kappa shape index (κ2) is 8.59. The fourth-order valence-electron chi connectivity index (χ4n) is 2.52. The van der Waals surface area contributed by atoms with E-state index in [2.05, 4.69) is 10.2 Å². The van der Waals surface area contributed by atoms with Gasteiger partial charge in [-0.2, -0.15) is 8.42 Å². The van der Waals surface area contributed by atoms with Gasteiger partial charge in [0.15, 0.2) is 11.5 Å². The Morgan fingerprint density at radius 2 is 1.28 bits per heavy atom. The highest BCUT2D eigenvalue weighted by molar-refractivity contribution is 7.86. The molecule has 0 unspecified atom stereocenters. The quantitative estimate of drug-likeness (QED) is 0.199. The molecule has 0 radical (unpaired) electrons. The van der Waals surface area contributed by atoms with Crippen LogP contribution in [-0.2, 0) is 10.1 Å². The Morgan fingerprint density at radius 1 is 0.759 bits per heavy atom. The van der Waals surface area contributed by atoms with Crippen molar-refractivity contribution < 1.29 is 22.9 Å². The molecule has 3 aromatic carbocycles. The number of carbonyl (C=O) groups is 1. The van der Waals surface area contributed by atoms with Crippen LogP contribution in [0.4, 0.5) is 5.69 Å². The largest absolute Gasteiger partial charge is 0.505 e. The summed E-state index contributed by atoms with van der Waals surface area (Å²) in [6.07, 6.45) is 0. The van der Waals surface area contributed by atoms with Crippen molar-refractivity contribution in [3.8, 4) is 0 Å². The summed E-state index contributed by atoms with van der Waals surface area (Å²) in [5.41, 5.74) is 0.0718. The van der Waals surface area contributed by atoms with E-state index in [-0.39, 0.29) is 16.9 Å². The smallest absolute Gasteiger partial charge is 0.296 e. The molecule has 0 bridgehead atoms. The number of allylic oxidation sites excluding steroid dienone is 1. The molecule has 0 atom stereocenters. The molecular formula is C21H16N2O5S. The van der Waals surface area contributed by atoms with Gasteiger partial charge in [-0.3, -0.25) is 9.35 Å². The van der Waals surface area contributed by atoms with Gasteiger partial charge in [-0.05, 0) is 12.1 Å². The summed E-state index contributed by atoms with van der Waals surface area (Å²) in [5, 5.41) is 18.3. The minimum Gasteiger partial charge on any atom is -0.505 e. The van der Waals surface area contributed by atoms with Crippen molar-refractivity contribution in [3.63, 3.8) is 0 Å². The molecule has 0 aliphatic rings. The first-order chi connectivity index (χ1) is 13.9. The lowest BCUT2D eigenvalue weighted by atomic mass is 10.1. The number of hydrogen-bond acceptors (Lipinski definition) is 6. The molecule has 0 spiro atoms. The maximum absolute atomic E-state index is 12.9. The molecule has 29 heavy (non-hydrogen) atoms. The molecule has 0 aliphatic carbocycles. The second-order valence-electron chi connectivity index (χ2n) is 5.90. The van der Waals surface area contributed by atoms with Gasteiger partial charge < -0.3 is 5.11 Å².